The molecule has 0 radical (unpaired) electrons. The average molecular weight is 299 g/mol. The number of hydrogen-bond donors (Lipinski definition) is 1. The Balaban J connectivity index is 2.03. The van der Waals surface area contributed by atoms with Crippen molar-refractivity contribution < 1.29 is 13.9 Å². The molecule has 4 nitrogen and oxygen atoms in total. The summed E-state index contributed by atoms with van der Waals surface area (Å²) in [4.78, 5) is 0. The lowest BCUT2D eigenvalue weighted by Crippen LogP contribution is -2.05. The molecule has 0 aliphatic heterocycles. The summed E-state index contributed by atoms with van der Waals surface area (Å²) in [7, 11) is 0. The monoisotopic (exact) mass is 299 g/mol. The maximum atomic E-state index is 13.1. The molecule has 0 saturated carbocycles. The van der Waals surface area contributed by atoms with Crippen LogP contribution in [0.2, 0.25) is 0 Å². The van der Waals surface area contributed by atoms with Gasteiger partial charge in [-0.3, -0.25) is 0 Å². The van der Waals surface area contributed by atoms with Crippen LogP contribution in [-0.2, 0) is 0 Å². The van der Waals surface area contributed by atoms with Gasteiger partial charge in [-0.15, -0.1) is 10.2 Å². The summed E-state index contributed by atoms with van der Waals surface area (Å²) in [5.74, 6) is -1.60. The number of halogens is 2. The van der Waals surface area contributed by atoms with Crippen molar-refractivity contribution in [2.45, 2.75) is 31.1 Å². The Morgan fingerprint density at radius 3 is 2.70 bits per heavy atom. The molecule has 0 saturated heterocycles. The van der Waals surface area contributed by atoms with Crippen LogP contribution in [0.1, 0.15) is 31.6 Å². The zero-order valence-electron chi connectivity index (χ0n) is 11.1. The number of aliphatic hydroxyl groups excluding tert-OH is 1. The van der Waals surface area contributed by atoms with Gasteiger partial charge in [0.05, 0.1) is 6.10 Å². The Morgan fingerprint density at radius 1 is 1.30 bits per heavy atom. The summed E-state index contributed by atoms with van der Waals surface area (Å²) in [6.07, 6.45) is 0.726. The quantitative estimate of drug-likeness (QED) is 0.862. The summed E-state index contributed by atoms with van der Waals surface area (Å²) in [5.41, 5.74) is 0.340. The lowest BCUT2D eigenvalue weighted by atomic mass is 10.1. The molecule has 1 atom stereocenters. The predicted octanol–water partition coefficient (Wildman–Crippen LogP) is 2.96. The molecule has 1 unspecified atom stereocenters. The molecule has 0 spiro atoms. The summed E-state index contributed by atoms with van der Waals surface area (Å²) < 4.78 is 27.8. The van der Waals surface area contributed by atoms with Crippen molar-refractivity contribution in [2.24, 2.45) is 0 Å². The van der Waals surface area contributed by atoms with Crippen molar-refractivity contribution in [2.75, 3.05) is 5.75 Å². The highest BCUT2D eigenvalue weighted by atomic mass is 32.2. The molecule has 108 valence electrons. The van der Waals surface area contributed by atoms with E-state index in [1.165, 1.54) is 17.8 Å². The number of benzene rings is 1. The molecule has 0 bridgehead atoms. The Labute approximate surface area is 119 Å². The SMILES string of the molecule is CC(C)n1cnnc1SCC(O)c1ccc(F)c(F)c1. The molecule has 1 heterocycles. The standard InChI is InChI=1S/C13H15F2N3OS/c1-8(2)18-7-16-17-13(18)20-6-12(19)9-3-4-10(14)11(15)5-9/h3-5,7-8,12,19H,6H2,1-2H3. The minimum atomic E-state index is -0.961. The normalized spacial score (nSPS) is 12.9. The van der Waals surface area contributed by atoms with Gasteiger partial charge in [0.1, 0.15) is 6.33 Å². The van der Waals surface area contributed by atoms with Gasteiger partial charge in [-0.05, 0) is 31.5 Å². The Kier molecular flexibility index (Phi) is 4.72. The highest BCUT2D eigenvalue weighted by Crippen LogP contribution is 2.25. The van der Waals surface area contributed by atoms with E-state index in [1.54, 1.807) is 6.33 Å². The van der Waals surface area contributed by atoms with Gasteiger partial charge in [0.15, 0.2) is 16.8 Å². The third-order valence-corrected chi connectivity index (χ3v) is 3.83. The molecule has 0 amide bonds. The summed E-state index contributed by atoms with van der Waals surface area (Å²) in [6.45, 7) is 4.00. The van der Waals surface area contributed by atoms with Gasteiger partial charge in [-0.1, -0.05) is 17.8 Å². The molecule has 0 aliphatic carbocycles. The van der Waals surface area contributed by atoms with Crippen LogP contribution in [0.15, 0.2) is 29.7 Å². The van der Waals surface area contributed by atoms with Crippen molar-refractivity contribution in [3.63, 3.8) is 0 Å². The van der Waals surface area contributed by atoms with Crippen LogP contribution in [0.25, 0.3) is 0 Å². The molecular weight excluding hydrogens is 284 g/mol. The molecular formula is C13H15F2N3OS. The molecule has 0 aliphatic rings. The Morgan fingerprint density at radius 2 is 2.05 bits per heavy atom. The fraction of sp³-hybridized carbons (Fsp3) is 0.385. The number of aliphatic hydroxyl groups is 1. The van der Waals surface area contributed by atoms with Gasteiger partial charge in [-0.25, -0.2) is 8.78 Å². The summed E-state index contributed by atoms with van der Waals surface area (Å²) >= 11 is 1.32. The maximum absolute atomic E-state index is 13.1. The minimum absolute atomic E-state index is 0.216. The second-order valence-corrected chi connectivity index (χ2v) is 5.60. The van der Waals surface area contributed by atoms with Crippen LogP contribution in [-0.4, -0.2) is 25.6 Å². The highest BCUT2D eigenvalue weighted by Gasteiger charge is 2.14. The first-order chi connectivity index (χ1) is 9.49. The Bertz CT molecular complexity index is 589. The lowest BCUT2D eigenvalue weighted by molar-refractivity contribution is 0.203. The zero-order valence-corrected chi connectivity index (χ0v) is 11.9. The fourth-order valence-electron chi connectivity index (χ4n) is 1.66. The highest BCUT2D eigenvalue weighted by molar-refractivity contribution is 7.99. The van der Waals surface area contributed by atoms with Gasteiger partial charge in [-0.2, -0.15) is 0 Å². The second kappa shape index (κ2) is 6.32. The van der Waals surface area contributed by atoms with E-state index in [0.29, 0.717) is 10.7 Å². The van der Waals surface area contributed by atoms with E-state index in [4.69, 9.17) is 0 Å². The van der Waals surface area contributed by atoms with Crippen LogP contribution in [0.5, 0.6) is 0 Å². The van der Waals surface area contributed by atoms with Crippen LogP contribution < -0.4 is 0 Å². The third kappa shape index (κ3) is 3.34. The van der Waals surface area contributed by atoms with Crippen LogP contribution >= 0.6 is 11.8 Å². The zero-order chi connectivity index (χ0) is 14.7. The molecule has 1 aromatic carbocycles. The van der Waals surface area contributed by atoms with E-state index in [0.717, 1.165) is 12.1 Å². The Hall–Kier alpha value is -1.47. The molecule has 1 N–H and O–H groups in total. The largest absolute Gasteiger partial charge is 0.388 e. The van der Waals surface area contributed by atoms with E-state index in [1.807, 2.05) is 18.4 Å². The second-order valence-electron chi connectivity index (χ2n) is 4.61. The molecule has 2 rings (SSSR count). The van der Waals surface area contributed by atoms with Gasteiger partial charge in [0.25, 0.3) is 0 Å². The predicted molar refractivity (Wildman–Crippen MR) is 72.4 cm³/mol. The summed E-state index contributed by atoms with van der Waals surface area (Å²) in [6, 6.07) is 3.60. The van der Waals surface area contributed by atoms with E-state index in [2.05, 4.69) is 10.2 Å². The topological polar surface area (TPSA) is 50.9 Å². The van der Waals surface area contributed by atoms with Crippen LogP contribution in [0.3, 0.4) is 0 Å². The number of aromatic nitrogens is 3. The number of thioether (sulfide) groups is 1. The third-order valence-electron chi connectivity index (χ3n) is 2.80. The van der Waals surface area contributed by atoms with Gasteiger partial charge >= 0.3 is 0 Å². The first kappa shape index (κ1) is 14.9. The lowest BCUT2D eigenvalue weighted by Gasteiger charge is -2.12. The minimum Gasteiger partial charge on any atom is -0.388 e. The first-order valence-electron chi connectivity index (χ1n) is 6.14. The molecule has 1 aromatic heterocycles. The number of rotatable bonds is 5. The van der Waals surface area contributed by atoms with Gasteiger partial charge in [0, 0.05) is 11.8 Å². The van der Waals surface area contributed by atoms with Crippen molar-refractivity contribution in [1.29, 1.82) is 0 Å². The van der Waals surface area contributed by atoms with Gasteiger partial charge in [0.2, 0.25) is 0 Å². The van der Waals surface area contributed by atoms with E-state index in [9.17, 15) is 13.9 Å². The number of nitrogens with zero attached hydrogens (tertiary/aromatic N) is 3. The van der Waals surface area contributed by atoms with Gasteiger partial charge < -0.3 is 9.67 Å². The first-order valence-corrected chi connectivity index (χ1v) is 7.13. The van der Waals surface area contributed by atoms with E-state index in [-0.39, 0.29) is 11.8 Å². The number of hydrogen-bond acceptors (Lipinski definition) is 4. The maximum Gasteiger partial charge on any atom is 0.191 e. The molecule has 7 heteroatoms. The molecule has 0 fully saturated rings. The van der Waals surface area contributed by atoms with E-state index >= 15 is 0 Å². The summed E-state index contributed by atoms with van der Waals surface area (Å²) in [5, 5.41) is 18.5. The van der Waals surface area contributed by atoms with Crippen molar-refractivity contribution >= 4 is 11.8 Å². The molecule has 20 heavy (non-hydrogen) atoms. The van der Waals surface area contributed by atoms with Crippen LogP contribution in [0.4, 0.5) is 8.78 Å². The average Bonchev–Trinajstić information content (AvgIpc) is 2.87. The van der Waals surface area contributed by atoms with Crippen molar-refractivity contribution in [3.05, 3.63) is 41.7 Å². The smallest absolute Gasteiger partial charge is 0.191 e. The van der Waals surface area contributed by atoms with Crippen molar-refractivity contribution in [1.82, 2.24) is 14.8 Å². The fourth-order valence-corrected chi connectivity index (χ4v) is 2.67. The van der Waals surface area contributed by atoms with Crippen molar-refractivity contribution in [3.8, 4) is 0 Å². The van der Waals surface area contributed by atoms with E-state index < -0.39 is 17.7 Å². The molecule has 2 aromatic rings. The van der Waals surface area contributed by atoms with Crippen LogP contribution in [0, 0.1) is 11.6 Å².